The Kier molecular flexibility index (Phi) is 6.96. The lowest BCUT2D eigenvalue weighted by molar-refractivity contribution is 0.102. The lowest BCUT2D eigenvalue weighted by Crippen LogP contribution is -2.14. The van der Waals surface area contributed by atoms with Crippen LogP contribution in [0.4, 0.5) is 5.69 Å². The summed E-state index contributed by atoms with van der Waals surface area (Å²) < 4.78 is 21.8. The van der Waals surface area contributed by atoms with Gasteiger partial charge in [-0.05, 0) is 47.4 Å². The maximum absolute atomic E-state index is 13.0. The number of hydrogen-bond acceptors (Lipinski definition) is 7. The Bertz CT molecular complexity index is 1350. The normalized spacial score (nSPS) is 11.2. The fourth-order valence-corrected chi connectivity index (χ4v) is 3.76. The summed E-state index contributed by atoms with van der Waals surface area (Å²) in [5.74, 6) is 1.79. The average molecular weight is 488 g/mol. The number of aromatic nitrogens is 2. The van der Waals surface area contributed by atoms with Gasteiger partial charge in [-0.3, -0.25) is 4.79 Å². The van der Waals surface area contributed by atoms with Crippen molar-refractivity contribution in [1.82, 2.24) is 10.1 Å². The molecule has 186 valence electrons. The van der Waals surface area contributed by atoms with Crippen LogP contribution in [-0.4, -0.2) is 37.4 Å². The highest BCUT2D eigenvalue weighted by molar-refractivity contribution is 6.06. The summed E-state index contributed by atoms with van der Waals surface area (Å²) in [4.78, 5) is 17.5. The van der Waals surface area contributed by atoms with Crippen LogP contribution in [0.1, 0.15) is 36.7 Å². The van der Waals surface area contributed by atoms with Gasteiger partial charge in [-0.25, -0.2) is 0 Å². The highest BCUT2D eigenvalue weighted by Gasteiger charge is 2.20. The molecule has 0 radical (unpaired) electrons. The van der Waals surface area contributed by atoms with Crippen molar-refractivity contribution < 1.29 is 23.5 Å². The third-order valence-corrected chi connectivity index (χ3v) is 5.77. The lowest BCUT2D eigenvalue weighted by Gasteiger charge is -2.19. The van der Waals surface area contributed by atoms with Crippen molar-refractivity contribution >= 4 is 11.6 Å². The topological polar surface area (TPSA) is 95.7 Å². The molecular formula is C28H29N3O5. The molecule has 0 saturated heterocycles. The highest BCUT2D eigenvalue weighted by Crippen LogP contribution is 2.41. The highest BCUT2D eigenvalue weighted by atomic mass is 16.5. The Morgan fingerprint density at radius 3 is 2.11 bits per heavy atom. The van der Waals surface area contributed by atoms with Gasteiger partial charge in [0.25, 0.3) is 11.8 Å². The SMILES string of the molecule is COc1cc(-c2noc(-c3ccccc3NC(=O)c3ccc(C(C)(C)C)cc3)n2)cc(OC)c1OC. The molecule has 8 nitrogen and oxygen atoms in total. The molecule has 0 aliphatic heterocycles. The molecule has 1 heterocycles. The number of amides is 1. The van der Waals surface area contributed by atoms with Crippen molar-refractivity contribution in [3.05, 3.63) is 71.8 Å². The average Bonchev–Trinajstić information content (AvgIpc) is 3.37. The van der Waals surface area contributed by atoms with E-state index < -0.39 is 0 Å². The van der Waals surface area contributed by atoms with Crippen molar-refractivity contribution in [3.8, 4) is 40.1 Å². The van der Waals surface area contributed by atoms with Crippen molar-refractivity contribution in [3.63, 3.8) is 0 Å². The third kappa shape index (κ3) is 5.02. The first-order valence-electron chi connectivity index (χ1n) is 11.4. The van der Waals surface area contributed by atoms with E-state index in [9.17, 15) is 4.79 Å². The Morgan fingerprint density at radius 1 is 0.889 bits per heavy atom. The van der Waals surface area contributed by atoms with Crippen molar-refractivity contribution in [2.75, 3.05) is 26.6 Å². The van der Waals surface area contributed by atoms with Gasteiger partial charge in [0.15, 0.2) is 11.5 Å². The smallest absolute Gasteiger partial charge is 0.260 e. The molecule has 0 spiro atoms. The van der Waals surface area contributed by atoms with Crippen LogP contribution < -0.4 is 19.5 Å². The molecular weight excluding hydrogens is 458 g/mol. The first-order chi connectivity index (χ1) is 17.2. The fraction of sp³-hybridized carbons (Fsp3) is 0.250. The largest absolute Gasteiger partial charge is 0.493 e. The summed E-state index contributed by atoms with van der Waals surface area (Å²) in [7, 11) is 4.62. The summed E-state index contributed by atoms with van der Waals surface area (Å²) in [5.41, 5.74) is 3.51. The number of para-hydroxylation sites is 1. The van der Waals surface area contributed by atoms with Crippen LogP contribution >= 0.6 is 0 Å². The number of methoxy groups -OCH3 is 3. The van der Waals surface area contributed by atoms with Crippen molar-refractivity contribution in [2.45, 2.75) is 26.2 Å². The Labute approximate surface area is 210 Å². The number of nitrogens with zero attached hydrogens (tertiary/aromatic N) is 2. The van der Waals surface area contributed by atoms with E-state index in [-0.39, 0.29) is 17.2 Å². The molecule has 0 bridgehead atoms. The van der Waals surface area contributed by atoms with Crippen LogP contribution in [0.3, 0.4) is 0 Å². The zero-order valence-corrected chi connectivity index (χ0v) is 21.2. The molecule has 8 heteroatoms. The summed E-state index contributed by atoms with van der Waals surface area (Å²) in [6.45, 7) is 6.40. The molecule has 0 unspecified atom stereocenters. The number of nitrogens with one attached hydrogen (secondary N) is 1. The van der Waals surface area contributed by atoms with Crippen LogP contribution in [0, 0.1) is 0 Å². The number of carbonyl (C=O) groups excluding carboxylic acids is 1. The zero-order valence-electron chi connectivity index (χ0n) is 21.2. The lowest BCUT2D eigenvalue weighted by atomic mass is 9.87. The predicted octanol–water partition coefficient (Wildman–Crippen LogP) is 5.98. The zero-order chi connectivity index (χ0) is 25.9. The maximum atomic E-state index is 13.0. The van der Waals surface area contributed by atoms with E-state index in [1.165, 1.54) is 21.3 Å². The maximum Gasteiger partial charge on any atom is 0.260 e. The summed E-state index contributed by atoms with van der Waals surface area (Å²) >= 11 is 0. The minimum absolute atomic E-state index is 0.00912. The van der Waals surface area contributed by atoms with Crippen LogP contribution in [0.25, 0.3) is 22.8 Å². The van der Waals surface area contributed by atoms with E-state index in [0.29, 0.717) is 45.5 Å². The molecule has 0 aliphatic rings. The van der Waals surface area contributed by atoms with E-state index in [4.69, 9.17) is 18.7 Å². The number of benzene rings is 3. The molecule has 0 saturated carbocycles. The third-order valence-electron chi connectivity index (χ3n) is 5.77. The van der Waals surface area contributed by atoms with Gasteiger partial charge < -0.3 is 24.1 Å². The fourth-order valence-electron chi connectivity index (χ4n) is 3.76. The van der Waals surface area contributed by atoms with Crippen LogP contribution in [0.15, 0.2) is 65.2 Å². The van der Waals surface area contributed by atoms with E-state index in [0.717, 1.165) is 5.56 Å². The molecule has 1 amide bonds. The standard InChI is InChI=1S/C28H29N3O5/c1-28(2,3)19-13-11-17(12-14-19)26(32)29-21-10-8-7-9-20(21)27-30-25(31-36-27)18-15-22(33-4)24(35-6)23(16-18)34-5/h7-16H,1-6H3,(H,29,32). The molecule has 0 aliphatic carbocycles. The quantitative estimate of drug-likeness (QED) is 0.343. The first kappa shape index (κ1) is 24.8. The Morgan fingerprint density at radius 2 is 1.53 bits per heavy atom. The van der Waals surface area contributed by atoms with Crippen LogP contribution in [0.2, 0.25) is 0 Å². The van der Waals surface area contributed by atoms with E-state index in [1.54, 1.807) is 18.2 Å². The van der Waals surface area contributed by atoms with Gasteiger partial charge in [-0.2, -0.15) is 4.98 Å². The molecule has 4 rings (SSSR count). The molecule has 36 heavy (non-hydrogen) atoms. The molecule has 0 fully saturated rings. The molecule has 3 aromatic carbocycles. The van der Waals surface area contributed by atoms with Gasteiger partial charge in [0.05, 0.1) is 32.6 Å². The monoisotopic (exact) mass is 487 g/mol. The number of hydrogen-bond donors (Lipinski definition) is 1. The number of carbonyl (C=O) groups is 1. The van der Waals surface area contributed by atoms with Gasteiger partial charge >= 0.3 is 0 Å². The molecule has 1 aromatic heterocycles. The summed E-state index contributed by atoms with van der Waals surface area (Å²) in [6, 6.07) is 18.4. The number of rotatable bonds is 7. The van der Waals surface area contributed by atoms with Crippen molar-refractivity contribution in [1.29, 1.82) is 0 Å². The predicted molar refractivity (Wildman–Crippen MR) is 138 cm³/mol. The molecule has 0 atom stereocenters. The van der Waals surface area contributed by atoms with Gasteiger partial charge in [0, 0.05) is 11.1 Å². The van der Waals surface area contributed by atoms with Crippen LogP contribution in [-0.2, 0) is 5.41 Å². The summed E-state index contributed by atoms with van der Waals surface area (Å²) in [6.07, 6.45) is 0. The van der Waals surface area contributed by atoms with Gasteiger partial charge in [0.2, 0.25) is 11.6 Å². The Hall–Kier alpha value is -4.33. The van der Waals surface area contributed by atoms with Crippen molar-refractivity contribution in [2.24, 2.45) is 0 Å². The minimum Gasteiger partial charge on any atom is -0.493 e. The van der Waals surface area contributed by atoms with Gasteiger partial charge in [-0.1, -0.05) is 50.2 Å². The van der Waals surface area contributed by atoms with E-state index >= 15 is 0 Å². The second-order valence-electron chi connectivity index (χ2n) is 9.16. The van der Waals surface area contributed by atoms with E-state index in [1.807, 2.05) is 42.5 Å². The second kappa shape index (κ2) is 10.1. The first-order valence-corrected chi connectivity index (χ1v) is 11.4. The Balaban J connectivity index is 1.62. The number of anilines is 1. The van der Waals surface area contributed by atoms with E-state index in [2.05, 4.69) is 36.2 Å². The minimum atomic E-state index is -0.229. The second-order valence-corrected chi connectivity index (χ2v) is 9.16. The van der Waals surface area contributed by atoms with Crippen LogP contribution in [0.5, 0.6) is 17.2 Å². The molecule has 4 aromatic rings. The van der Waals surface area contributed by atoms with Gasteiger partial charge in [0.1, 0.15) is 0 Å². The summed E-state index contributed by atoms with van der Waals surface area (Å²) in [5, 5.41) is 7.09. The molecule has 1 N–H and O–H groups in total. The van der Waals surface area contributed by atoms with Gasteiger partial charge in [-0.15, -0.1) is 0 Å². The number of ether oxygens (including phenoxy) is 3.